The van der Waals surface area contributed by atoms with Crippen LogP contribution in [0.25, 0.3) is 0 Å². The van der Waals surface area contributed by atoms with Gasteiger partial charge in [-0.15, -0.1) is 0 Å². The highest BCUT2D eigenvalue weighted by Gasteiger charge is 2.14. The van der Waals surface area contributed by atoms with Gasteiger partial charge in [0, 0.05) is 18.4 Å². The zero-order valence-electron chi connectivity index (χ0n) is 8.44. The average Bonchev–Trinajstić information content (AvgIpc) is 2.18. The van der Waals surface area contributed by atoms with Gasteiger partial charge in [-0.1, -0.05) is 11.6 Å². The monoisotopic (exact) mass is 228 g/mol. The summed E-state index contributed by atoms with van der Waals surface area (Å²) in [4.78, 5) is 15.0. The summed E-state index contributed by atoms with van der Waals surface area (Å²) in [6.45, 7) is 2.11. The van der Waals surface area contributed by atoms with Crippen molar-refractivity contribution in [2.45, 2.75) is 19.4 Å². The van der Waals surface area contributed by atoms with Crippen molar-refractivity contribution in [2.24, 2.45) is 5.73 Å². The molecule has 0 bridgehead atoms. The van der Waals surface area contributed by atoms with Gasteiger partial charge < -0.3 is 10.5 Å². The summed E-state index contributed by atoms with van der Waals surface area (Å²) < 4.78 is 4.80. The average molecular weight is 229 g/mol. The number of carbonyl (C=O) groups is 1. The molecule has 0 aliphatic carbocycles. The van der Waals surface area contributed by atoms with E-state index in [2.05, 4.69) is 4.98 Å². The van der Waals surface area contributed by atoms with Crippen LogP contribution >= 0.6 is 11.6 Å². The number of halogens is 1. The van der Waals surface area contributed by atoms with Crippen LogP contribution in [-0.4, -0.2) is 17.6 Å². The zero-order valence-corrected chi connectivity index (χ0v) is 9.20. The van der Waals surface area contributed by atoms with Crippen molar-refractivity contribution in [1.82, 2.24) is 4.98 Å². The fourth-order valence-electron chi connectivity index (χ4n) is 1.20. The van der Waals surface area contributed by atoms with Gasteiger partial charge in [-0.25, -0.2) is 0 Å². The summed E-state index contributed by atoms with van der Waals surface area (Å²) in [7, 11) is 0. The molecule has 1 aromatic rings. The van der Waals surface area contributed by atoms with E-state index in [0.717, 1.165) is 0 Å². The Balaban J connectivity index is 2.65. The third-order valence-corrected chi connectivity index (χ3v) is 2.21. The molecule has 15 heavy (non-hydrogen) atoms. The molecule has 0 fully saturated rings. The molecule has 0 amide bonds. The molecule has 1 atom stereocenters. The van der Waals surface area contributed by atoms with Gasteiger partial charge in [0.1, 0.15) is 0 Å². The number of hydrogen-bond acceptors (Lipinski definition) is 4. The second-order valence-corrected chi connectivity index (χ2v) is 3.42. The maximum Gasteiger partial charge on any atom is 0.307 e. The molecular formula is C10H13ClN2O2. The molecule has 0 aliphatic heterocycles. The third-order valence-electron chi connectivity index (χ3n) is 1.90. The van der Waals surface area contributed by atoms with Crippen LogP contribution in [0.15, 0.2) is 18.5 Å². The fourth-order valence-corrected chi connectivity index (χ4v) is 1.46. The summed E-state index contributed by atoms with van der Waals surface area (Å²) in [5.74, 6) is -0.321. The molecule has 82 valence electrons. The Morgan fingerprint density at radius 1 is 1.73 bits per heavy atom. The van der Waals surface area contributed by atoms with E-state index in [-0.39, 0.29) is 12.4 Å². The quantitative estimate of drug-likeness (QED) is 0.797. The molecule has 0 saturated carbocycles. The molecule has 2 N–H and O–H groups in total. The van der Waals surface area contributed by atoms with Crippen LogP contribution in [0, 0.1) is 0 Å². The second-order valence-electron chi connectivity index (χ2n) is 3.01. The van der Waals surface area contributed by atoms with Crippen molar-refractivity contribution in [3.8, 4) is 0 Å². The fraction of sp³-hybridized carbons (Fsp3) is 0.400. The van der Waals surface area contributed by atoms with Crippen LogP contribution in [0.3, 0.4) is 0 Å². The second kappa shape index (κ2) is 5.68. The first-order chi connectivity index (χ1) is 7.15. The Kier molecular flexibility index (Phi) is 4.52. The van der Waals surface area contributed by atoms with Crippen molar-refractivity contribution < 1.29 is 9.53 Å². The predicted octanol–water partition coefficient (Wildman–Crippen LogP) is 1.69. The van der Waals surface area contributed by atoms with Crippen molar-refractivity contribution >= 4 is 17.6 Å². The Hall–Kier alpha value is -1.13. The molecule has 0 aliphatic rings. The first-order valence-corrected chi connectivity index (χ1v) is 5.03. The van der Waals surface area contributed by atoms with Crippen LogP contribution in [0.4, 0.5) is 0 Å². The van der Waals surface area contributed by atoms with Gasteiger partial charge in [-0.2, -0.15) is 0 Å². The van der Waals surface area contributed by atoms with Gasteiger partial charge in [0.05, 0.1) is 18.1 Å². The maximum absolute atomic E-state index is 11.2. The van der Waals surface area contributed by atoms with E-state index in [1.165, 1.54) is 6.20 Å². The molecule has 0 unspecified atom stereocenters. The van der Waals surface area contributed by atoms with E-state index >= 15 is 0 Å². The Morgan fingerprint density at radius 3 is 3.07 bits per heavy atom. The highest BCUT2D eigenvalue weighted by Crippen LogP contribution is 2.22. The summed E-state index contributed by atoms with van der Waals surface area (Å²) >= 11 is 5.89. The third kappa shape index (κ3) is 3.49. The Labute approximate surface area is 93.4 Å². The van der Waals surface area contributed by atoms with Gasteiger partial charge in [-0.05, 0) is 18.6 Å². The standard InChI is InChI=1S/C10H13ClN2O2/c1-2-15-10(14)5-9(12)7-3-4-13-6-8(7)11/h3-4,6,9H,2,5,12H2,1H3/t9-/m1/s1. The van der Waals surface area contributed by atoms with E-state index in [1.54, 1.807) is 19.2 Å². The molecule has 1 aromatic heterocycles. The molecule has 0 aromatic carbocycles. The van der Waals surface area contributed by atoms with E-state index in [4.69, 9.17) is 22.1 Å². The lowest BCUT2D eigenvalue weighted by Crippen LogP contribution is -2.17. The van der Waals surface area contributed by atoms with Gasteiger partial charge in [-0.3, -0.25) is 9.78 Å². The molecule has 1 heterocycles. The van der Waals surface area contributed by atoms with Crippen LogP contribution in [0.5, 0.6) is 0 Å². The predicted molar refractivity (Wildman–Crippen MR) is 57.4 cm³/mol. The lowest BCUT2D eigenvalue weighted by molar-refractivity contribution is -0.143. The first-order valence-electron chi connectivity index (χ1n) is 4.65. The number of rotatable bonds is 4. The zero-order chi connectivity index (χ0) is 11.3. The number of aromatic nitrogens is 1. The molecule has 0 radical (unpaired) electrons. The van der Waals surface area contributed by atoms with Crippen molar-refractivity contribution in [3.63, 3.8) is 0 Å². The first kappa shape index (κ1) is 11.9. The molecule has 4 nitrogen and oxygen atoms in total. The smallest absolute Gasteiger partial charge is 0.307 e. The van der Waals surface area contributed by atoms with Crippen molar-refractivity contribution in [3.05, 3.63) is 29.0 Å². The van der Waals surface area contributed by atoms with Crippen LogP contribution in [0.1, 0.15) is 24.9 Å². The van der Waals surface area contributed by atoms with E-state index < -0.39 is 6.04 Å². The number of nitrogens with zero attached hydrogens (tertiary/aromatic N) is 1. The molecule has 1 rings (SSSR count). The van der Waals surface area contributed by atoms with Crippen molar-refractivity contribution in [1.29, 1.82) is 0 Å². The van der Waals surface area contributed by atoms with E-state index in [9.17, 15) is 4.79 Å². The Morgan fingerprint density at radius 2 is 2.47 bits per heavy atom. The summed E-state index contributed by atoms with van der Waals surface area (Å²) in [6.07, 6.45) is 3.21. The number of nitrogens with two attached hydrogens (primary N) is 1. The highest BCUT2D eigenvalue weighted by molar-refractivity contribution is 6.31. The summed E-state index contributed by atoms with van der Waals surface area (Å²) in [6, 6.07) is 1.26. The van der Waals surface area contributed by atoms with E-state index in [1.807, 2.05) is 0 Å². The van der Waals surface area contributed by atoms with Crippen molar-refractivity contribution in [2.75, 3.05) is 6.61 Å². The van der Waals surface area contributed by atoms with Crippen LogP contribution < -0.4 is 5.73 Å². The molecular weight excluding hydrogens is 216 g/mol. The molecule has 0 spiro atoms. The Bertz CT molecular complexity index is 344. The largest absolute Gasteiger partial charge is 0.466 e. The lowest BCUT2D eigenvalue weighted by Gasteiger charge is -2.12. The van der Waals surface area contributed by atoms with Gasteiger partial charge in [0.2, 0.25) is 0 Å². The number of pyridine rings is 1. The van der Waals surface area contributed by atoms with Gasteiger partial charge >= 0.3 is 5.97 Å². The minimum Gasteiger partial charge on any atom is -0.466 e. The normalized spacial score (nSPS) is 12.2. The minimum atomic E-state index is -0.445. The minimum absolute atomic E-state index is 0.123. The van der Waals surface area contributed by atoms with E-state index in [0.29, 0.717) is 17.2 Å². The number of esters is 1. The number of ether oxygens (including phenoxy) is 1. The summed E-state index contributed by atoms with van der Waals surface area (Å²) in [5, 5.41) is 0.467. The molecule has 0 saturated heterocycles. The topological polar surface area (TPSA) is 65.2 Å². The number of hydrogen-bond donors (Lipinski definition) is 1. The highest BCUT2D eigenvalue weighted by atomic mass is 35.5. The maximum atomic E-state index is 11.2. The van der Waals surface area contributed by atoms with Gasteiger partial charge in [0.15, 0.2) is 0 Å². The lowest BCUT2D eigenvalue weighted by atomic mass is 10.1. The van der Waals surface area contributed by atoms with Gasteiger partial charge in [0.25, 0.3) is 0 Å². The molecule has 5 heteroatoms. The number of carbonyl (C=O) groups excluding carboxylic acids is 1. The summed E-state index contributed by atoms with van der Waals surface area (Å²) in [5.41, 5.74) is 6.52. The van der Waals surface area contributed by atoms with Crippen LogP contribution in [-0.2, 0) is 9.53 Å². The SMILES string of the molecule is CCOC(=O)C[C@@H](N)c1ccncc1Cl. The van der Waals surface area contributed by atoms with Crippen LogP contribution in [0.2, 0.25) is 5.02 Å².